The van der Waals surface area contributed by atoms with Gasteiger partial charge in [-0.05, 0) is 60.0 Å². The van der Waals surface area contributed by atoms with Gasteiger partial charge < -0.3 is 15.0 Å². The molecule has 2 heterocycles. The lowest BCUT2D eigenvalue weighted by Crippen LogP contribution is -2.31. The van der Waals surface area contributed by atoms with Crippen LogP contribution in [-0.2, 0) is 16.0 Å². The summed E-state index contributed by atoms with van der Waals surface area (Å²) in [5, 5.41) is 13.2. The molecule has 0 aliphatic carbocycles. The Morgan fingerprint density at radius 2 is 1.56 bits per heavy atom. The molecule has 3 aromatic carbocycles. The number of likely N-dealkylation sites (tertiary alicyclic amines) is 1. The van der Waals surface area contributed by atoms with Crippen molar-refractivity contribution < 1.29 is 14.7 Å². The standard InChI is InChI=1S/C27H20Cl2N2O3/c28-19-9-5-16(6-10-19)24-23(25(32)17-7-11-20(29)12-8-17)26(33)27(34)31(24)14-13-18-15-30-22-4-2-1-3-21(18)22/h1-12,15,24,30,32H,13-14H2/t24-/m1/s1. The molecule has 0 radical (unpaired) electrons. The number of aromatic nitrogens is 1. The number of carbonyl (C=O) groups excluding carboxylic acids is 2. The number of hydrogen-bond acceptors (Lipinski definition) is 3. The van der Waals surface area contributed by atoms with Crippen LogP contribution in [0.4, 0.5) is 0 Å². The minimum atomic E-state index is -0.738. The van der Waals surface area contributed by atoms with Crippen LogP contribution in [0.1, 0.15) is 22.7 Å². The predicted molar refractivity (Wildman–Crippen MR) is 134 cm³/mol. The summed E-state index contributed by atoms with van der Waals surface area (Å²) in [6.07, 6.45) is 2.47. The van der Waals surface area contributed by atoms with Crippen molar-refractivity contribution in [2.75, 3.05) is 6.54 Å². The van der Waals surface area contributed by atoms with E-state index in [1.165, 1.54) is 4.90 Å². The van der Waals surface area contributed by atoms with Gasteiger partial charge in [-0.3, -0.25) is 9.59 Å². The first kappa shape index (κ1) is 22.3. The number of amides is 1. The van der Waals surface area contributed by atoms with Gasteiger partial charge in [-0.15, -0.1) is 0 Å². The van der Waals surface area contributed by atoms with Gasteiger partial charge in [0.1, 0.15) is 5.76 Å². The van der Waals surface area contributed by atoms with Gasteiger partial charge >= 0.3 is 0 Å². The zero-order valence-corrected chi connectivity index (χ0v) is 19.5. The van der Waals surface area contributed by atoms with Gasteiger partial charge in [-0.25, -0.2) is 0 Å². The number of carbonyl (C=O) groups is 2. The molecule has 4 aromatic rings. The Labute approximate surface area is 206 Å². The molecule has 1 amide bonds. The summed E-state index contributed by atoms with van der Waals surface area (Å²) < 4.78 is 0. The number of nitrogens with zero attached hydrogens (tertiary/aromatic N) is 1. The molecule has 0 spiro atoms. The Balaban J connectivity index is 1.56. The van der Waals surface area contributed by atoms with E-state index in [-0.39, 0.29) is 11.3 Å². The summed E-state index contributed by atoms with van der Waals surface area (Å²) in [4.78, 5) is 31.1. The number of ketones is 1. The molecule has 170 valence electrons. The number of nitrogens with one attached hydrogen (secondary N) is 1. The third kappa shape index (κ3) is 3.98. The minimum Gasteiger partial charge on any atom is -0.507 e. The average Bonchev–Trinajstić information content (AvgIpc) is 3.37. The molecular formula is C27H20Cl2N2O3. The van der Waals surface area contributed by atoms with E-state index in [9.17, 15) is 14.7 Å². The third-order valence-electron chi connectivity index (χ3n) is 6.14. The van der Waals surface area contributed by atoms with Crippen molar-refractivity contribution >= 4 is 51.6 Å². The fourth-order valence-corrected chi connectivity index (χ4v) is 4.70. The highest BCUT2D eigenvalue weighted by atomic mass is 35.5. The third-order valence-corrected chi connectivity index (χ3v) is 6.64. The van der Waals surface area contributed by atoms with Gasteiger partial charge in [0.15, 0.2) is 0 Å². The van der Waals surface area contributed by atoms with Crippen molar-refractivity contribution in [2.45, 2.75) is 12.5 Å². The fourth-order valence-electron chi connectivity index (χ4n) is 4.44. The Hall–Kier alpha value is -3.54. The number of H-pyrrole nitrogens is 1. The molecule has 34 heavy (non-hydrogen) atoms. The van der Waals surface area contributed by atoms with Crippen LogP contribution < -0.4 is 0 Å². The van der Waals surface area contributed by atoms with Crippen molar-refractivity contribution in [3.63, 3.8) is 0 Å². The highest BCUT2D eigenvalue weighted by Gasteiger charge is 2.45. The van der Waals surface area contributed by atoms with Gasteiger partial charge in [0.2, 0.25) is 0 Å². The molecule has 1 fully saturated rings. The van der Waals surface area contributed by atoms with Crippen LogP contribution in [0.2, 0.25) is 10.0 Å². The summed E-state index contributed by atoms with van der Waals surface area (Å²) in [5.41, 5.74) is 3.21. The lowest BCUT2D eigenvalue weighted by atomic mass is 9.95. The van der Waals surface area contributed by atoms with Crippen molar-refractivity contribution in [2.24, 2.45) is 0 Å². The van der Waals surface area contributed by atoms with Crippen molar-refractivity contribution in [1.29, 1.82) is 0 Å². The van der Waals surface area contributed by atoms with Crippen LogP contribution in [0.15, 0.2) is 84.6 Å². The Bertz CT molecular complexity index is 1420. The summed E-state index contributed by atoms with van der Waals surface area (Å²) in [5.74, 6) is -1.59. The molecule has 0 bridgehead atoms. The maximum atomic E-state index is 13.2. The van der Waals surface area contributed by atoms with Crippen LogP contribution >= 0.6 is 23.2 Å². The molecule has 1 saturated heterocycles. The second kappa shape index (κ2) is 9.01. The first-order chi connectivity index (χ1) is 16.4. The van der Waals surface area contributed by atoms with Crippen molar-refractivity contribution in [3.05, 3.63) is 111 Å². The van der Waals surface area contributed by atoms with Crippen molar-refractivity contribution in [3.8, 4) is 0 Å². The maximum absolute atomic E-state index is 13.2. The van der Waals surface area contributed by atoms with E-state index in [0.717, 1.165) is 16.5 Å². The monoisotopic (exact) mass is 490 g/mol. The van der Waals surface area contributed by atoms with Crippen molar-refractivity contribution in [1.82, 2.24) is 9.88 Å². The van der Waals surface area contributed by atoms with E-state index in [1.807, 2.05) is 30.5 Å². The van der Waals surface area contributed by atoms with Crippen LogP contribution in [0.5, 0.6) is 0 Å². The van der Waals surface area contributed by atoms with E-state index in [4.69, 9.17) is 23.2 Å². The number of rotatable bonds is 5. The molecule has 5 rings (SSSR count). The van der Waals surface area contributed by atoms with Crippen LogP contribution in [-0.4, -0.2) is 33.2 Å². The number of Topliss-reactive ketones (excluding diaryl/α,β-unsaturated/α-hetero) is 1. The lowest BCUT2D eigenvalue weighted by molar-refractivity contribution is -0.139. The number of hydrogen-bond donors (Lipinski definition) is 2. The van der Waals surface area contributed by atoms with E-state index >= 15 is 0 Å². The smallest absolute Gasteiger partial charge is 0.295 e. The van der Waals surface area contributed by atoms with Gasteiger partial charge in [0, 0.05) is 39.3 Å². The second-order valence-electron chi connectivity index (χ2n) is 8.16. The fraction of sp³-hybridized carbons (Fsp3) is 0.111. The molecule has 7 heteroatoms. The maximum Gasteiger partial charge on any atom is 0.295 e. The average molecular weight is 491 g/mol. The number of fused-ring (bicyclic) bond motifs is 1. The van der Waals surface area contributed by atoms with E-state index < -0.39 is 17.7 Å². The molecule has 1 aromatic heterocycles. The first-order valence-corrected chi connectivity index (χ1v) is 11.5. The molecule has 1 aliphatic heterocycles. The topological polar surface area (TPSA) is 73.4 Å². The first-order valence-electron chi connectivity index (χ1n) is 10.8. The molecule has 5 nitrogen and oxygen atoms in total. The van der Waals surface area contributed by atoms with Crippen LogP contribution in [0.25, 0.3) is 16.7 Å². The normalized spacial score (nSPS) is 17.6. The summed E-state index contributed by atoms with van der Waals surface area (Å²) in [6, 6.07) is 20.6. The number of aromatic amines is 1. The molecule has 0 saturated carbocycles. The Morgan fingerprint density at radius 1 is 0.912 bits per heavy atom. The van der Waals surface area contributed by atoms with Gasteiger partial charge in [0.05, 0.1) is 11.6 Å². The summed E-state index contributed by atoms with van der Waals surface area (Å²) in [7, 11) is 0. The SMILES string of the molecule is O=C1C(=O)N(CCc2c[nH]c3ccccc23)[C@H](c2ccc(Cl)cc2)C1=C(O)c1ccc(Cl)cc1. The zero-order chi connectivity index (χ0) is 23.8. The Kier molecular flexibility index (Phi) is 5.90. The minimum absolute atomic E-state index is 0.0496. The quantitative estimate of drug-likeness (QED) is 0.200. The zero-order valence-electron chi connectivity index (χ0n) is 18.0. The van der Waals surface area contributed by atoms with Gasteiger partial charge in [0.25, 0.3) is 11.7 Å². The van der Waals surface area contributed by atoms with Gasteiger partial charge in [-0.1, -0.05) is 53.5 Å². The largest absolute Gasteiger partial charge is 0.507 e. The predicted octanol–water partition coefficient (Wildman–Crippen LogP) is 6.14. The molecule has 1 atom stereocenters. The number of aliphatic hydroxyl groups excluding tert-OH is 1. The second-order valence-corrected chi connectivity index (χ2v) is 9.03. The van der Waals surface area contributed by atoms with E-state index in [1.54, 1.807) is 48.5 Å². The molecule has 0 unspecified atom stereocenters. The number of halogens is 2. The number of aliphatic hydroxyl groups is 1. The molecular weight excluding hydrogens is 471 g/mol. The summed E-state index contributed by atoms with van der Waals surface area (Å²) in [6.45, 7) is 0.303. The lowest BCUT2D eigenvalue weighted by Gasteiger charge is -2.25. The number of benzene rings is 3. The summed E-state index contributed by atoms with van der Waals surface area (Å²) >= 11 is 12.1. The number of para-hydroxylation sites is 1. The molecule has 1 aliphatic rings. The van der Waals surface area contributed by atoms with Crippen LogP contribution in [0.3, 0.4) is 0 Å². The highest BCUT2D eigenvalue weighted by molar-refractivity contribution is 6.46. The highest BCUT2D eigenvalue weighted by Crippen LogP contribution is 2.40. The van der Waals surface area contributed by atoms with Crippen LogP contribution in [0, 0.1) is 0 Å². The van der Waals surface area contributed by atoms with E-state index in [0.29, 0.717) is 34.1 Å². The molecule has 2 N–H and O–H groups in total. The van der Waals surface area contributed by atoms with E-state index in [2.05, 4.69) is 4.98 Å². The Morgan fingerprint density at radius 3 is 2.26 bits per heavy atom. The van der Waals surface area contributed by atoms with Gasteiger partial charge in [-0.2, -0.15) is 0 Å².